The van der Waals surface area contributed by atoms with Crippen molar-refractivity contribution in [1.29, 1.82) is 0 Å². The van der Waals surface area contributed by atoms with E-state index in [0.717, 1.165) is 55.3 Å². The van der Waals surface area contributed by atoms with Gasteiger partial charge in [0, 0.05) is 56.2 Å². The van der Waals surface area contributed by atoms with Crippen LogP contribution in [-0.4, -0.2) is 35.4 Å². The first-order valence-electron chi connectivity index (χ1n) is 9.34. The largest absolute Gasteiger partial charge is 0.497 e. The summed E-state index contributed by atoms with van der Waals surface area (Å²) in [4.78, 5) is 4.49. The fraction of sp³-hybridized carbons (Fsp3) is 0.550. The van der Waals surface area contributed by atoms with Crippen molar-refractivity contribution in [1.82, 2.24) is 14.9 Å². The van der Waals surface area contributed by atoms with Gasteiger partial charge in [0.15, 0.2) is 0 Å². The molecule has 0 radical (unpaired) electrons. The standard InChI is InChI=1S/C20H27N3O3/c1-13-9-14-10-16(24-3)11-15(18(14)26-13)12-22-17-5-4-8-25-19(17)20-21-6-7-23(20)2/h6-7,10-11,13,17,19,22H,4-5,8-9,12H2,1-3H3/t13-,17-,19-/m0/s1. The first-order chi connectivity index (χ1) is 12.7. The third-order valence-corrected chi connectivity index (χ3v) is 5.27. The molecule has 0 amide bonds. The minimum absolute atomic E-state index is 0.0257. The van der Waals surface area contributed by atoms with Gasteiger partial charge in [0.25, 0.3) is 0 Å². The highest BCUT2D eigenvalue weighted by molar-refractivity contribution is 5.49. The Kier molecular flexibility index (Phi) is 4.87. The number of aryl methyl sites for hydroxylation is 1. The number of nitrogens with zero attached hydrogens (tertiary/aromatic N) is 2. The van der Waals surface area contributed by atoms with Crippen molar-refractivity contribution in [3.63, 3.8) is 0 Å². The topological polar surface area (TPSA) is 57.5 Å². The number of methoxy groups -OCH3 is 1. The summed E-state index contributed by atoms with van der Waals surface area (Å²) in [7, 11) is 3.73. The fourth-order valence-electron chi connectivity index (χ4n) is 3.96. The van der Waals surface area contributed by atoms with Crippen LogP contribution in [0.1, 0.15) is 42.8 Å². The molecule has 1 N–H and O–H groups in total. The zero-order valence-electron chi connectivity index (χ0n) is 15.7. The van der Waals surface area contributed by atoms with Crippen LogP contribution < -0.4 is 14.8 Å². The fourth-order valence-corrected chi connectivity index (χ4v) is 3.96. The molecule has 3 atom stereocenters. The molecule has 6 nitrogen and oxygen atoms in total. The molecule has 6 heteroatoms. The van der Waals surface area contributed by atoms with Gasteiger partial charge in [0.2, 0.25) is 0 Å². The maximum Gasteiger partial charge on any atom is 0.139 e. The Balaban J connectivity index is 1.53. The molecule has 1 fully saturated rings. The number of hydrogen-bond donors (Lipinski definition) is 1. The van der Waals surface area contributed by atoms with Crippen LogP contribution in [0, 0.1) is 0 Å². The Labute approximate surface area is 154 Å². The Morgan fingerprint density at radius 3 is 3.04 bits per heavy atom. The molecule has 0 aliphatic carbocycles. The van der Waals surface area contributed by atoms with Gasteiger partial charge in [0.1, 0.15) is 29.5 Å². The van der Waals surface area contributed by atoms with Gasteiger partial charge in [-0.2, -0.15) is 0 Å². The molecule has 2 aliphatic heterocycles. The van der Waals surface area contributed by atoms with Gasteiger partial charge >= 0.3 is 0 Å². The van der Waals surface area contributed by atoms with Crippen molar-refractivity contribution in [2.75, 3.05) is 13.7 Å². The summed E-state index contributed by atoms with van der Waals surface area (Å²) in [5.74, 6) is 2.87. The summed E-state index contributed by atoms with van der Waals surface area (Å²) in [5, 5.41) is 3.69. The predicted octanol–water partition coefficient (Wildman–Crippen LogP) is 2.76. The lowest BCUT2D eigenvalue weighted by atomic mass is 10.0. The average molecular weight is 357 g/mol. The van der Waals surface area contributed by atoms with E-state index in [4.69, 9.17) is 14.2 Å². The lowest BCUT2D eigenvalue weighted by Gasteiger charge is -2.32. The molecule has 0 saturated carbocycles. The summed E-state index contributed by atoms with van der Waals surface area (Å²) in [6.07, 6.45) is 7.05. The van der Waals surface area contributed by atoms with Crippen molar-refractivity contribution in [3.8, 4) is 11.5 Å². The lowest BCUT2D eigenvalue weighted by molar-refractivity contribution is -0.0178. The summed E-state index contributed by atoms with van der Waals surface area (Å²) in [6, 6.07) is 4.39. The van der Waals surface area contributed by atoms with Crippen LogP contribution in [0.15, 0.2) is 24.5 Å². The highest BCUT2D eigenvalue weighted by atomic mass is 16.5. The number of aromatic nitrogens is 2. The summed E-state index contributed by atoms with van der Waals surface area (Å²) >= 11 is 0. The highest BCUT2D eigenvalue weighted by Crippen LogP contribution is 2.36. The second-order valence-corrected chi connectivity index (χ2v) is 7.22. The van der Waals surface area contributed by atoms with Gasteiger partial charge in [-0.1, -0.05) is 0 Å². The van der Waals surface area contributed by atoms with E-state index >= 15 is 0 Å². The van der Waals surface area contributed by atoms with E-state index in [1.165, 1.54) is 5.56 Å². The van der Waals surface area contributed by atoms with Crippen LogP contribution >= 0.6 is 0 Å². The molecule has 1 aromatic carbocycles. The summed E-state index contributed by atoms with van der Waals surface area (Å²) in [5.41, 5.74) is 2.38. The van der Waals surface area contributed by atoms with Gasteiger partial charge in [-0.15, -0.1) is 0 Å². The number of benzene rings is 1. The molecular weight excluding hydrogens is 330 g/mol. The van der Waals surface area contributed by atoms with Crippen molar-refractivity contribution in [3.05, 3.63) is 41.5 Å². The molecule has 2 aromatic rings. The second kappa shape index (κ2) is 7.29. The van der Waals surface area contributed by atoms with Crippen LogP contribution in [0.2, 0.25) is 0 Å². The minimum Gasteiger partial charge on any atom is -0.497 e. The number of ether oxygens (including phenoxy) is 3. The van der Waals surface area contributed by atoms with Crippen LogP contribution in [0.5, 0.6) is 11.5 Å². The predicted molar refractivity (Wildman–Crippen MR) is 98.6 cm³/mol. The maximum absolute atomic E-state index is 6.06. The van der Waals surface area contributed by atoms with Crippen molar-refractivity contribution in [2.24, 2.45) is 7.05 Å². The minimum atomic E-state index is -0.0257. The average Bonchev–Trinajstić information content (AvgIpc) is 3.24. The van der Waals surface area contributed by atoms with E-state index in [-0.39, 0.29) is 18.2 Å². The molecule has 1 aromatic heterocycles. The highest BCUT2D eigenvalue weighted by Gasteiger charge is 2.31. The van der Waals surface area contributed by atoms with Crippen LogP contribution in [0.3, 0.4) is 0 Å². The third-order valence-electron chi connectivity index (χ3n) is 5.27. The van der Waals surface area contributed by atoms with Crippen LogP contribution in [-0.2, 0) is 24.8 Å². The number of imidazole rings is 1. The Morgan fingerprint density at radius 1 is 1.38 bits per heavy atom. The number of fused-ring (bicyclic) bond motifs is 1. The Bertz CT molecular complexity index is 774. The van der Waals surface area contributed by atoms with E-state index in [1.807, 2.05) is 24.0 Å². The van der Waals surface area contributed by atoms with Crippen molar-refractivity contribution >= 4 is 0 Å². The first-order valence-corrected chi connectivity index (χ1v) is 9.34. The molecule has 1 saturated heterocycles. The molecule has 4 rings (SSSR count). The van der Waals surface area contributed by atoms with E-state index in [2.05, 4.69) is 29.4 Å². The molecule has 0 bridgehead atoms. The van der Waals surface area contributed by atoms with Crippen molar-refractivity contribution in [2.45, 2.75) is 51.0 Å². The smallest absolute Gasteiger partial charge is 0.139 e. The Hall–Kier alpha value is -2.05. The normalized spacial score (nSPS) is 25.0. The number of hydrogen-bond acceptors (Lipinski definition) is 5. The molecule has 0 spiro atoms. The lowest BCUT2D eigenvalue weighted by Crippen LogP contribution is -2.40. The van der Waals surface area contributed by atoms with E-state index in [1.54, 1.807) is 7.11 Å². The SMILES string of the molecule is COc1cc(CN[C@H]2CCCO[C@@H]2c2nccn2C)c2c(c1)C[C@H](C)O2. The summed E-state index contributed by atoms with van der Waals surface area (Å²) < 4.78 is 19.6. The Morgan fingerprint density at radius 2 is 2.27 bits per heavy atom. The first kappa shape index (κ1) is 17.4. The number of rotatable bonds is 5. The molecule has 140 valence electrons. The quantitative estimate of drug-likeness (QED) is 0.892. The summed E-state index contributed by atoms with van der Waals surface area (Å²) in [6.45, 7) is 3.61. The van der Waals surface area contributed by atoms with Crippen molar-refractivity contribution < 1.29 is 14.2 Å². The van der Waals surface area contributed by atoms with Gasteiger partial charge in [-0.25, -0.2) is 4.98 Å². The third kappa shape index (κ3) is 3.31. The van der Waals surface area contributed by atoms with E-state index in [9.17, 15) is 0 Å². The molecule has 2 aliphatic rings. The monoisotopic (exact) mass is 357 g/mol. The van der Waals surface area contributed by atoms with Gasteiger partial charge in [-0.3, -0.25) is 0 Å². The maximum atomic E-state index is 6.06. The van der Waals surface area contributed by atoms with E-state index < -0.39 is 0 Å². The zero-order valence-corrected chi connectivity index (χ0v) is 15.7. The van der Waals surface area contributed by atoms with Gasteiger partial charge < -0.3 is 24.1 Å². The van der Waals surface area contributed by atoms with Gasteiger partial charge in [-0.05, 0) is 31.9 Å². The molecule has 3 heterocycles. The van der Waals surface area contributed by atoms with Crippen LogP contribution in [0.25, 0.3) is 0 Å². The molecule has 26 heavy (non-hydrogen) atoms. The van der Waals surface area contributed by atoms with Crippen LogP contribution in [0.4, 0.5) is 0 Å². The zero-order chi connectivity index (χ0) is 18.1. The van der Waals surface area contributed by atoms with Gasteiger partial charge in [0.05, 0.1) is 7.11 Å². The molecular formula is C20H27N3O3. The number of nitrogens with one attached hydrogen (secondary N) is 1. The second-order valence-electron chi connectivity index (χ2n) is 7.22. The molecule has 0 unspecified atom stereocenters. The van der Waals surface area contributed by atoms with E-state index in [0.29, 0.717) is 0 Å².